The third-order valence-electron chi connectivity index (χ3n) is 1.63. The summed E-state index contributed by atoms with van der Waals surface area (Å²) in [5.41, 5.74) is 0.443. The van der Waals surface area contributed by atoms with Gasteiger partial charge in [-0.3, -0.25) is 0 Å². The summed E-state index contributed by atoms with van der Waals surface area (Å²) in [5.74, 6) is 0. The smallest absolute Gasteiger partial charge is 0.264 e. The van der Waals surface area contributed by atoms with Crippen LogP contribution in [0.4, 0.5) is 8.78 Å². The summed E-state index contributed by atoms with van der Waals surface area (Å²) in [6, 6.07) is 6.22. The third-order valence-corrected chi connectivity index (χ3v) is 1.63. The standard InChI is InChI=1S/C10H10F2O/c11-10(12)9-6-2-1-4-8(9)5-3-7-13/h1-6,10,13H,7H2. The number of rotatable bonds is 3. The highest BCUT2D eigenvalue weighted by atomic mass is 19.3. The first-order chi connectivity index (χ1) is 6.25. The first kappa shape index (κ1) is 9.86. The predicted octanol–water partition coefficient (Wildman–Crippen LogP) is 2.63. The van der Waals surface area contributed by atoms with Crippen molar-refractivity contribution < 1.29 is 13.9 Å². The van der Waals surface area contributed by atoms with Crippen LogP contribution in [0.3, 0.4) is 0 Å². The summed E-state index contributed by atoms with van der Waals surface area (Å²) in [6.07, 6.45) is 0.447. The fourth-order valence-corrected chi connectivity index (χ4v) is 1.04. The van der Waals surface area contributed by atoms with Gasteiger partial charge in [0.2, 0.25) is 0 Å². The first-order valence-electron chi connectivity index (χ1n) is 3.90. The molecule has 3 heteroatoms. The Balaban J connectivity index is 2.97. The largest absolute Gasteiger partial charge is 0.392 e. The molecule has 13 heavy (non-hydrogen) atoms. The number of halogens is 2. The van der Waals surface area contributed by atoms with Gasteiger partial charge in [-0.05, 0) is 5.56 Å². The molecule has 1 nitrogen and oxygen atoms in total. The molecule has 0 unspecified atom stereocenters. The van der Waals surface area contributed by atoms with Crippen LogP contribution in [0.15, 0.2) is 30.3 Å². The summed E-state index contributed by atoms with van der Waals surface area (Å²) >= 11 is 0. The van der Waals surface area contributed by atoms with Crippen LogP contribution >= 0.6 is 0 Å². The molecule has 0 heterocycles. The first-order valence-corrected chi connectivity index (χ1v) is 3.90. The number of hydrogen-bond donors (Lipinski definition) is 1. The highest BCUT2D eigenvalue weighted by Crippen LogP contribution is 2.23. The van der Waals surface area contributed by atoms with Crippen LogP contribution < -0.4 is 0 Å². The lowest BCUT2D eigenvalue weighted by Crippen LogP contribution is -1.88. The molecule has 0 aliphatic rings. The maximum absolute atomic E-state index is 12.4. The van der Waals surface area contributed by atoms with E-state index in [1.165, 1.54) is 18.2 Å². The fraction of sp³-hybridized carbons (Fsp3) is 0.200. The molecule has 0 atom stereocenters. The summed E-state index contributed by atoms with van der Waals surface area (Å²) in [4.78, 5) is 0. The Morgan fingerprint density at radius 3 is 2.62 bits per heavy atom. The Morgan fingerprint density at radius 2 is 2.00 bits per heavy atom. The Kier molecular flexibility index (Phi) is 3.58. The van der Waals surface area contributed by atoms with E-state index < -0.39 is 6.43 Å². The maximum Gasteiger partial charge on any atom is 0.264 e. The molecule has 0 aliphatic carbocycles. The topological polar surface area (TPSA) is 20.2 Å². The van der Waals surface area contributed by atoms with Crippen molar-refractivity contribution in [1.29, 1.82) is 0 Å². The zero-order chi connectivity index (χ0) is 9.68. The highest BCUT2D eigenvalue weighted by Gasteiger charge is 2.09. The quantitative estimate of drug-likeness (QED) is 0.765. The summed E-state index contributed by atoms with van der Waals surface area (Å²) in [7, 11) is 0. The minimum Gasteiger partial charge on any atom is -0.392 e. The molecular formula is C10H10F2O. The van der Waals surface area contributed by atoms with Crippen molar-refractivity contribution in [1.82, 2.24) is 0 Å². The molecule has 0 fully saturated rings. The molecule has 0 saturated heterocycles. The lowest BCUT2D eigenvalue weighted by atomic mass is 10.1. The van der Waals surface area contributed by atoms with Gasteiger partial charge in [0, 0.05) is 5.56 Å². The van der Waals surface area contributed by atoms with E-state index in [0.29, 0.717) is 5.56 Å². The van der Waals surface area contributed by atoms with E-state index in [9.17, 15) is 8.78 Å². The molecular weight excluding hydrogens is 174 g/mol. The molecule has 70 valence electrons. The van der Waals surface area contributed by atoms with Crippen molar-refractivity contribution in [2.45, 2.75) is 6.43 Å². The second-order valence-corrected chi connectivity index (χ2v) is 2.51. The van der Waals surface area contributed by atoms with Crippen LogP contribution in [0.25, 0.3) is 6.08 Å². The van der Waals surface area contributed by atoms with E-state index in [1.807, 2.05) is 0 Å². The normalized spacial score (nSPS) is 11.4. The average Bonchev–Trinajstić information content (AvgIpc) is 2.15. The van der Waals surface area contributed by atoms with Crippen LogP contribution in [0.1, 0.15) is 17.6 Å². The average molecular weight is 184 g/mol. The molecule has 0 bridgehead atoms. The van der Waals surface area contributed by atoms with Crippen LogP contribution in [-0.4, -0.2) is 11.7 Å². The van der Waals surface area contributed by atoms with E-state index in [1.54, 1.807) is 18.2 Å². The van der Waals surface area contributed by atoms with Crippen molar-refractivity contribution in [2.24, 2.45) is 0 Å². The summed E-state index contributed by atoms with van der Waals surface area (Å²) in [5, 5.41) is 8.48. The van der Waals surface area contributed by atoms with Crippen LogP contribution in [0.5, 0.6) is 0 Å². The van der Waals surface area contributed by atoms with Crippen LogP contribution in [0.2, 0.25) is 0 Å². The molecule has 0 saturated carbocycles. The van der Waals surface area contributed by atoms with Crippen molar-refractivity contribution >= 4 is 6.08 Å². The minimum absolute atomic E-state index is 0.00722. The molecule has 0 spiro atoms. The molecule has 0 amide bonds. The van der Waals surface area contributed by atoms with Crippen molar-refractivity contribution in [3.63, 3.8) is 0 Å². The van der Waals surface area contributed by atoms with E-state index >= 15 is 0 Å². The highest BCUT2D eigenvalue weighted by molar-refractivity contribution is 5.54. The lowest BCUT2D eigenvalue weighted by Gasteiger charge is -2.03. The third kappa shape index (κ3) is 2.63. The second-order valence-electron chi connectivity index (χ2n) is 2.51. The molecule has 0 aromatic heterocycles. The Bertz CT molecular complexity index is 295. The van der Waals surface area contributed by atoms with Crippen molar-refractivity contribution in [3.05, 3.63) is 41.5 Å². The van der Waals surface area contributed by atoms with E-state index in [-0.39, 0.29) is 12.2 Å². The monoisotopic (exact) mass is 184 g/mol. The van der Waals surface area contributed by atoms with E-state index in [4.69, 9.17) is 5.11 Å². The van der Waals surface area contributed by atoms with Crippen molar-refractivity contribution in [2.75, 3.05) is 6.61 Å². The van der Waals surface area contributed by atoms with Gasteiger partial charge in [0.05, 0.1) is 6.61 Å². The Hall–Kier alpha value is -1.22. The molecule has 0 aliphatic heterocycles. The van der Waals surface area contributed by atoms with Crippen LogP contribution in [-0.2, 0) is 0 Å². The van der Waals surface area contributed by atoms with Gasteiger partial charge in [-0.25, -0.2) is 8.78 Å². The number of benzene rings is 1. The van der Waals surface area contributed by atoms with Gasteiger partial charge in [0.15, 0.2) is 0 Å². The number of hydrogen-bond acceptors (Lipinski definition) is 1. The van der Waals surface area contributed by atoms with Gasteiger partial charge in [-0.1, -0.05) is 36.4 Å². The van der Waals surface area contributed by atoms with E-state index in [0.717, 1.165) is 0 Å². The van der Waals surface area contributed by atoms with Gasteiger partial charge in [0.1, 0.15) is 0 Å². The Labute approximate surface area is 75.3 Å². The predicted molar refractivity (Wildman–Crippen MR) is 47.5 cm³/mol. The number of alkyl halides is 2. The minimum atomic E-state index is -2.47. The van der Waals surface area contributed by atoms with E-state index in [2.05, 4.69) is 0 Å². The second kappa shape index (κ2) is 4.72. The van der Waals surface area contributed by atoms with Gasteiger partial charge < -0.3 is 5.11 Å². The molecule has 0 radical (unpaired) electrons. The van der Waals surface area contributed by atoms with Crippen molar-refractivity contribution in [3.8, 4) is 0 Å². The molecule has 1 aromatic rings. The number of aliphatic hydroxyl groups is 1. The molecule has 1 N–H and O–H groups in total. The fourth-order valence-electron chi connectivity index (χ4n) is 1.04. The van der Waals surface area contributed by atoms with Gasteiger partial charge in [-0.2, -0.15) is 0 Å². The number of aliphatic hydroxyl groups excluding tert-OH is 1. The van der Waals surface area contributed by atoms with Crippen LogP contribution in [0, 0.1) is 0 Å². The molecule has 1 rings (SSSR count). The summed E-state index contributed by atoms with van der Waals surface area (Å²) < 4.78 is 24.7. The zero-order valence-corrected chi connectivity index (χ0v) is 6.95. The summed E-state index contributed by atoms with van der Waals surface area (Å²) in [6.45, 7) is -0.141. The lowest BCUT2D eigenvalue weighted by molar-refractivity contribution is 0.151. The zero-order valence-electron chi connectivity index (χ0n) is 6.95. The Morgan fingerprint density at radius 1 is 1.31 bits per heavy atom. The maximum atomic E-state index is 12.4. The van der Waals surface area contributed by atoms with Gasteiger partial charge >= 0.3 is 0 Å². The van der Waals surface area contributed by atoms with Gasteiger partial charge in [0.25, 0.3) is 6.43 Å². The molecule has 1 aromatic carbocycles. The van der Waals surface area contributed by atoms with Gasteiger partial charge in [-0.15, -0.1) is 0 Å². The SMILES string of the molecule is OCC=Cc1ccccc1C(F)F.